The quantitative estimate of drug-likeness (QED) is 0.673. The summed E-state index contributed by atoms with van der Waals surface area (Å²) in [5, 5.41) is 15.2. The summed E-state index contributed by atoms with van der Waals surface area (Å²) in [7, 11) is 0. The van der Waals surface area contributed by atoms with Gasteiger partial charge in [0.2, 0.25) is 5.91 Å². The van der Waals surface area contributed by atoms with Crippen molar-refractivity contribution in [2.75, 3.05) is 13.1 Å². The van der Waals surface area contributed by atoms with Crippen molar-refractivity contribution >= 4 is 11.9 Å². The summed E-state index contributed by atoms with van der Waals surface area (Å²) in [5.41, 5.74) is 0.00242. The Morgan fingerprint density at radius 1 is 1.29 bits per heavy atom. The van der Waals surface area contributed by atoms with Gasteiger partial charge in [0.1, 0.15) is 0 Å². The molecule has 0 spiro atoms. The summed E-state index contributed by atoms with van der Waals surface area (Å²) in [4.78, 5) is 23.0. The van der Waals surface area contributed by atoms with Gasteiger partial charge in [0, 0.05) is 12.5 Å². The fourth-order valence-electron chi connectivity index (χ4n) is 2.93. The van der Waals surface area contributed by atoms with E-state index in [1.807, 2.05) is 0 Å². The first-order valence-electron chi connectivity index (χ1n) is 7.98. The Balaban J connectivity index is 2.37. The highest BCUT2D eigenvalue weighted by Gasteiger charge is 2.23. The Labute approximate surface area is 127 Å². The molecule has 0 bridgehead atoms. The van der Waals surface area contributed by atoms with Crippen molar-refractivity contribution in [1.82, 2.24) is 10.6 Å². The van der Waals surface area contributed by atoms with Crippen molar-refractivity contribution in [3.63, 3.8) is 0 Å². The maximum atomic E-state index is 12.0. The van der Waals surface area contributed by atoms with E-state index < -0.39 is 5.97 Å². The fraction of sp³-hybridized carbons (Fsp3) is 0.875. The van der Waals surface area contributed by atoms with Gasteiger partial charge in [-0.1, -0.05) is 20.8 Å². The maximum absolute atomic E-state index is 12.0. The highest BCUT2D eigenvalue weighted by Crippen LogP contribution is 2.23. The molecular formula is C16H30N2O3. The van der Waals surface area contributed by atoms with Crippen molar-refractivity contribution in [1.29, 1.82) is 0 Å². The molecule has 5 nitrogen and oxygen atoms in total. The van der Waals surface area contributed by atoms with Crippen LogP contribution in [0, 0.1) is 11.3 Å². The lowest BCUT2D eigenvalue weighted by Gasteiger charge is -2.26. The summed E-state index contributed by atoms with van der Waals surface area (Å²) >= 11 is 0. The smallest absolute Gasteiger partial charge is 0.305 e. The molecule has 0 aromatic rings. The number of rotatable bonds is 7. The standard InChI is InChI=1S/C16H30N2O3/c1-16(2,3)11-13(10-15(20)21)18-14(19)5-4-12-6-8-17-9-7-12/h12-13,17H,4-11H2,1-3H3,(H,18,19)(H,20,21). The third-order valence-corrected chi connectivity index (χ3v) is 3.88. The molecule has 1 atom stereocenters. The van der Waals surface area contributed by atoms with Gasteiger partial charge in [-0.05, 0) is 50.1 Å². The molecule has 0 saturated carbocycles. The molecule has 1 aliphatic heterocycles. The summed E-state index contributed by atoms with van der Waals surface area (Å²) < 4.78 is 0. The van der Waals surface area contributed by atoms with Gasteiger partial charge in [0.25, 0.3) is 0 Å². The molecule has 1 fully saturated rings. The van der Waals surface area contributed by atoms with Crippen LogP contribution in [0.3, 0.4) is 0 Å². The second-order valence-corrected chi connectivity index (χ2v) is 7.36. The van der Waals surface area contributed by atoms with Gasteiger partial charge in [0.05, 0.1) is 6.42 Å². The van der Waals surface area contributed by atoms with E-state index in [0.29, 0.717) is 18.8 Å². The normalized spacial score (nSPS) is 18.2. The van der Waals surface area contributed by atoms with E-state index in [1.54, 1.807) is 0 Å². The number of hydrogen-bond donors (Lipinski definition) is 3. The van der Waals surface area contributed by atoms with E-state index >= 15 is 0 Å². The number of nitrogens with one attached hydrogen (secondary N) is 2. The van der Waals surface area contributed by atoms with Crippen molar-refractivity contribution in [3.8, 4) is 0 Å². The summed E-state index contributed by atoms with van der Waals surface area (Å²) in [6.07, 6.45) is 4.35. The summed E-state index contributed by atoms with van der Waals surface area (Å²) in [5.74, 6) is -0.246. The van der Waals surface area contributed by atoms with Crippen LogP contribution in [0.4, 0.5) is 0 Å². The summed E-state index contributed by atoms with van der Waals surface area (Å²) in [6, 6.07) is -0.275. The van der Waals surface area contributed by atoms with Gasteiger partial charge in [-0.25, -0.2) is 0 Å². The molecular weight excluding hydrogens is 268 g/mol. The molecule has 1 rings (SSSR count). The van der Waals surface area contributed by atoms with Crippen molar-refractivity contribution in [2.45, 2.75) is 65.3 Å². The van der Waals surface area contributed by atoms with E-state index in [4.69, 9.17) is 5.11 Å². The lowest BCUT2D eigenvalue weighted by Crippen LogP contribution is -2.39. The number of piperidine rings is 1. The largest absolute Gasteiger partial charge is 0.481 e. The zero-order valence-electron chi connectivity index (χ0n) is 13.6. The Kier molecular flexibility index (Phi) is 7.15. The number of carboxylic acid groups (broad SMARTS) is 1. The highest BCUT2D eigenvalue weighted by atomic mass is 16.4. The number of amides is 1. The molecule has 21 heavy (non-hydrogen) atoms. The van der Waals surface area contributed by atoms with Crippen LogP contribution >= 0.6 is 0 Å². The third-order valence-electron chi connectivity index (χ3n) is 3.88. The van der Waals surface area contributed by atoms with Crippen LogP contribution in [0.1, 0.15) is 59.3 Å². The number of carbonyl (C=O) groups is 2. The number of carboxylic acids is 1. The van der Waals surface area contributed by atoms with E-state index in [2.05, 4.69) is 31.4 Å². The van der Waals surface area contributed by atoms with E-state index in [9.17, 15) is 9.59 Å². The predicted molar refractivity (Wildman–Crippen MR) is 83.1 cm³/mol. The molecule has 3 N–H and O–H groups in total. The number of aliphatic carboxylic acids is 1. The topological polar surface area (TPSA) is 78.4 Å². The van der Waals surface area contributed by atoms with Crippen molar-refractivity contribution in [2.24, 2.45) is 11.3 Å². The van der Waals surface area contributed by atoms with Crippen molar-refractivity contribution in [3.05, 3.63) is 0 Å². The number of hydrogen-bond acceptors (Lipinski definition) is 3. The molecule has 0 aromatic heterocycles. The fourth-order valence-corrected chi connectivity index (χ4v) is 2.93. The highest BCUT2D eigenvalue weighted by molar-refractivity contribution is 5.77. The van der Waals surface area contributed by atoms with Gasteiger partial charge < -0.3 is 15.7 Å². The van der Waals surface area contributed by atoms with Crippen LogP contribution in [0.25, 0.3) is 0 Å². The van der Waals surface area contributed by atoms with Gasteiger partial charge in [-0.15, -0.1) is 0 Å². The molecule has 1 unspecified atom stereocenters. The molecule has 0 radical (unpaired) electrons. The lowest BCUT2D eigenvalue weighted by atomic mass is 9.86. The Bertz CT molecular complexity index is 344. The average molecular weight is 298 g/mol. The molecule has 0 aliphatic carbocycles. The van der Waals surface area contributed by atoms with Gasteiger partial charge in [-0.2, -0.15) is 0 Å². The van der Waals surface area contributed by atoms with Crippen LogP contribution < -0.4 is 10.6 Å². The first kappa shape index (κ1) is 18.0. The molecule has 1 aliphatic rings. The molecule has 1 heterocycles. The minimum Gasteiger partial charge on any atom is -0.481 e. The van der Waals surface area contributed by atoms with Gasteiger partial charge in [0.15, 0.2) is 0 Å². The van der Waals surface area contributed by atoms with Crippen LogP contribution in [0.5, 0.6) is 0 Å². The molecule has 1 amide bonds. The SMILES string of the molecule is CC(C)(C)CC(CC(=O)O)NC(=O)CCC1CCNCC1. The minimum atomic E-state index is -0.858. The Hall–Kier alpha value is -1.10. The first-order valence-corrected chi connectivity index (χ1v) is 7.98. The molecule has 0 aromatic carbocycles. The molecule has 1 saturated heterocycles. The second-order valence-electron chi connectivity index (χ2n) is 7.36. The van der Waals surface area contributed by atoms with Crippen LogP contribution in [0.2, 0.25) is 0 Å². The van der Waals surface area contributed by atoms with Crippen LogP contribution in [0.15, 0.2) is 0 Å². The first-order chi connectivity index (χ1) is 9.76. The average Bonchev–Trinajstić information content (AvgIpc) is 2.34. The van der Waals surface area contributed by atoms with E-state index in [-0.39, 0.29) is 23.8 Å². The second kappa shape index (κ2) is 8.37. The van der Waals surface area contributed by atoms with Gasteiger partial charge >= 0.3 is 5.97 Å². The summed E-state index contributed by atoms with van der Waals surface area (Å²) in [6.45, 7) is 8.25. The predicted octanol–water partition coefficient (Wildman–Crippen LogP) is 2.16. The van der Waals surface area contributed by atoms with Gasteiger partial charge in [-0.3, -0.25) is 9.59 Å². The van der Waals surface area contributed by atoms with E-state index in [0.717, 1.165) is 32.4 Å². The zero-order chi connectivity index (χ0) is 15.9. The monoisotopic (exact) mass is 298 g/mol. The van der Waals surface area contributed by atoms with Crippen molar-refractivity contribution < 1.29 is 14.7 Å². The molecule has 122 valence electrons. The van der Waals surface area contributed by atoms with E-state index in [1.165, 1.54) is 0 Å². The molecule has 5 heteroatoms. The van der Waals surface area contributed by atoms with Crippen LogP contribution in [-0.4, -0.2) is 36.1 Å². The zero-order valence-corrected chi connectivity index (χ0v) is 13.6. The Morgan fingerprint density at radius 2 is 1.90 bits per heavy atom. The third kappa shape index (κ3) is 8.71. The van der Waals surface area contributed by atoms with Crippen LogP contribution in [-0.2, 0) is 9.59 Å². The number of carbonyl (C=O) groups excluding carboxylic acids is 1. The minimum absolute atomic E-state index is 0.00242. The lowest BCUT2D eigenvalue weighted by molar-refractivity contribution is -0.137. The Morgan fingerprint density at radius 3 is 2.43 bits per heavy atom. The maximum Gasteiger partial charge on any atom is 0.305 e.